The lowest BCUT2D eigenvalue weighted by molar-refractivity contribution is 0.556. The fourth-order valence-corrected chi connectivity index (χ4v) is 33.9. The van der Waals surface area contributed by atoms with Gasteiger partial charge in [-0.3, -0.25) is 0 Å². The van der Waals surface area contributed by atoms with Crippen molar-refractivity contribution in [3.63, 3.8) is 0 Å². The molecule has 0 saturated carbocycles. The predicted molar refractivity (Wildman–Crippen MR) is 646 cm³/mol. The van der Waals surface area contributed by atoms with Crippen molar-refractivity contribution in [3.8, 4) is 52.9 Å². The second kappa shape index (κ2) is 53.9. The van der Waals surface area contributed by atoms with Gasteiger partial charge in [-0.1, -0.05) is 519 Å². The summed E-state index contributed by atoms with van der Waals surface area (Å²) in [5.74, 6) is 0. The first kappa shape index (κ1) is 106. The van der Waals surface area contributed by atoms with Gasteiger partial charge in [0.05, 0.1) is 39.0 Å². The summed E-state index contributed by atoms with van der Waals surface area (Å²) in [6.45, 7) is 14.1. The average molecular weight is 2020 g/mol. The average Bonchev–Trinajstić information content (AvgIpc) is 1.48. The highest BCUT2D eigenvalue weighted by Gasteiger charge is 2.55. The van der Waals surface area contributed by atoms with Gasteiger partial charge < -0.3 is 0 Å². The molecule has 0 saturated heterocycles. The van der Waals surface area contributed by atoms with Gasteiger partial charge in [-0.25, -0.2) is 0 Å². The quantitative estimate of drug-likeness (QED) is 0.0263. The van der Waals surface area contributed by atoms with E-state index in [1.807, 2.05) is 11.3 Å². The standard InChI is InChI=1S/C138H170S6/c1-7-13-19-25-31-35-39-43-47-55-65-101-75-85-109(86-76-101)137(110-87-77-102(78-88-110)66-56-48-44-40-36-32-26-20-14-8-2)121-98-120-122(97-119(121)129-127(137)133-135(143-129)131-125(141-133)99-123(139-131)106-71-61-54-62-72-106)138(111-89-79-103(80-90-111)67-57-49-45-41-37-33-27-21-15-9-3,112-91-81-104(82-92-112)68-58-50-46-42-38-34-28-22-16-10-4)128-130(120)144-136-132-126(142-134(128)136)100-124(140-132)108-84-94-116-115-93-83-107(105-69-59-53-60-70-105)95-117(115)113(73-63-51-29-23-17-11-5)114(118(116)96-108)74-64-52-30-24-18-12-6/h53-54,59-62,69-72,75-100H,7-52,55-58,63-68,73-74H2,1-6H3. The first-order valence-corrected chi connectivity index (χ1v) is 63.9. The predicted octanol–water partition coefficient (Wildman–Crippen LogP) is 46.4. The zero-order chi connectivity index (χ0) is 98.5. The normalized spacial score (nSPS) is 13.1. The van der Waals surface area contributed by atoms with Crippen LogP contribution in [0.1, 0.15) is 453 Å². The van der Waals surface area contributed by atoms with Crippen LogP contribution < -0.4 is 0 Å². The van der Waals surface area contributed by atoms with Crippen LogP contribution in [0, 0.1) is 0 Å². The van der Waals surface area contributed by atoms with Crippen LogP contribution in [0.25, 0.3) is 112 Å². The van der Waals surface area contributed by atoms with Gasteiger partial charge in [0.15, 0.2) is 0 Å². The number of rotatable bonds is 65. The summed E-state index contributed by atoms with van der Waals surface area (Å²) in [6.07, 6.45) is 76.4. The highest BCUT2D eigenvalue weighted by molar-refractivity contribution is 7.41. The van der Waals surface area contributed by atoms with E-state index in [9.17, 15) is 0 Å². The molecule has 6 aromatic heterocycles. The molecule has 0 bridgehead atoms. The molecule has 0 aliphatic heterocycles. The van der Waals surface area contributed by atoms with E-state index in [0.29, 0.717) is 0 Å². The van der Waals surface area contributed by atoms with Crippen LogP contribution in [0.15, 0.2) is 218 Å². The van der Waals surface area contributed by atoms with Crippen LogP contribution in [-0.4, -0.2) is 0 Å². The molecule has 0 fully saturated rings. The fourth-order valence-electron chi connectivity index (χ4n) is 25.1. The lowest BCUT2D eigenvalue weighted by atomic mass is 9.65. The Bertz CT molecular complexity index is 6510. The Morgan fingerprint density at radius 3 is 0.757 bits per heavy atom. The van der Waals surface area contributed by atoms with Gasteiger partial charge in [0.1, 0.15) is 0 Å². The smallest absolute Gasteiger partial charge is 0.0736 e. The van der Waals surface area contributed by atoms with Crippen molar-refractivity contribution in [3.05, 3.63) is 296 Å². The van der Waals surface area contributed by atoms with Crippen molar-refractivity contribution in [2.24, 2.45) is 0 Å². The Balaban J connectivity index is 0.812. The zero-order valence-corrected chi connectivity index (χ0v) is 94.1. The highest BCUT2D eigenvalue weighted by Crippen LogP contribution is 2.70. The summed E-state index contributed by atoms with van der Waals surface area (Å²) >= 11 is 12.6. The van der Waals surface area contributed by atoms with Crippen LogP contribution in [0.5, 0.6) is 0 Å². The van der Waals surface area contributed by atoms with Crippen molar-refractivity contribution >= 4 is 127 Å². The number of fused-ring (bicyclic) bond motifs is 17. The maximum Gasteiger partial charge on any atom is 0.0736 e. The minimum absolute atomic E-state index is 0.623. The van der Waals surface area contributed by atoms with E-state index in [0.717, 1.165) is 38.5 Å². The van der Waals surface area contributed by atoms with Crippen molar-refractivity contribution < 1.29 is 0 Å². The van der Waals surface area contributed by atoms with Gasteiger partial charge in [0.2, 0.25) is 0 Å². The van der Waals surface area contributed by atoms with Gasteiger partial charge in [-0.15, -0.1) is 68.0 Å². The van der Waals surface area contributed by atoms with Gasteiger partial charge >= 0.3 is 0 Å². The maximum absolute atomic E-state index is 2.88. The van der Waals surface area contributed by atoms with E-state index in [1.165, 1.54) is 513 Å². The van der Waals surface area contributed by atoms with Crippen molar-refractivity contribution in [2.45, 2.75) is 425 Å². The summed E-state index contributed by atoms with van der Waals surface area (Å²) in [4.78, 5) is 5.70. The molecule has 0 amide bonds. The molecule has 0 spiro atoms. The summed E-state index contributed by atoms with van der Waals surface area (Å²) in [5.41, 5.74) is 27.6. The molecule has 758 valence electrons. The molecule has 0 atom stereocenters. The van der Waals surface area contributed by atoms with Crippen molar-refractivity contribution in [1.29, 1.82) is 0 Å². The van der Waals surface area contributed by atoms with E-state index < -0.39 is 10.8 Å². The number of thiophene rings is 6. The second-order valence-electron chi connectivity index (χ2n) is 43.9. The number of unbranched alkanes of at least 4 members (excludes halogenated alkanes) is 46. The molecular formula is C138H170S6. The number of aryl methyl sites for hydroxylation is 6. The van der Waals surface area contributed by atoms with Gasteiger partial charge in [0.25, 0.3) is 0 Å². The molecular weight excluding hydrogens is 1850 g/mol. The molecule has 2 aliphatic carbocycles. The molecule has 10 aromatic carbocycles. The van der Waals surface area contributed by atoms with E-state index in [4.69, 9.17) is 0 Å². The molecule has 16 aromatic rings. The molecule has 6 heteroatoms. The molecule has 18 rings (SSSR count). The Kier molecular flexibility index (Phi) is 39.6. The first-order valence-electron chi connectivity index (χ1n) is 59.0. The third-order valence-electron chi connectivity index (χ3n) is 33.3. The molecule has 144 heavy (non-hydrogen) atoms. The second-order valence-corrected chi connectivity index (χ2v) is 50.2. The minimum Gasteiger partial charge on any atom is -0.133 e. The lowest BCUT2D eigenvalue weighted by Crippen LogP contribution is -2.30. The highest BCUT2D eigenvalue weighted by atomic mass is 32.1. The monoisotopic (exact) mass is 2020 g/mol. The summed E-state index contributed by atoms with van der Waals surface area (Å²) < 4.78 is 11.7. The molecule has 2 aliphatic rings. The van der Waals surface area contributed by atoms with E-state index in [2.05, 4.69) is 317 Å². The molecule has 0 N–H and O–H groups in total. The SMILES string of the molecule is CCCCCCCCCCCCc1ccc(C2(c3ccc(CCCCCCCCCCCC)cc3)c3cc4c(cc3-c3sc5c(sc6cc(-c7ccccc7)sc65)c32)C(c2ccc(CCCCCCCCCCCC)cc2)(c2ccc(CCCCCCCCCCCC)cc2)c2c-4sc3c2sc2cc(-c4ccc5c(c4)c(CCCCCCCC)c(CCCCCCCC)c4cc(-c6ccccc6)ccc45)sc23)cc1. The number of hydrogen-bond acceptors (Lipinski definition) is 6. The Morgan fingerprint density at radius 2 is 0.451 bits per heavy atom. The maximum atomic E-state index is 2.88. The van der Waals surface area contributed by atoms with Gasteiger partial charge in [-0.05, 0) is 235 Å². The Labute approximate surface area is 893 Å². The van der Waals surface area contributed by atoms with Crippen LogP contribution in [0.2, 0.25) is 0 Å². The first-order chi connectivity index (χ1) is 71.3. The Morgan fingerprint density at radius 1 is 0.188 bits per heavy atom. The van der Waals surface area contributed by atoms with Gasteiger partial charge in [0, 0.05) is 40.0 Å². The Hall–Kier alpha value is -8.04. The van der Waals surface area contributed by atoms with E-state index in [-0.39, 0.29) is 0 Å². The summed E-state index contributed by atoms with van der Waals surface area (Å²) in [5, 5.41) is 5.80. The molecule has 6 heterocycles. The van der Waals surface area contributed by atoms with E-state index >= 15 is 0 Å². The molecule has 0 nitrogen and oxygen atoms in total. The van der Waals surface area contributed by atoms with Crippen LogP contribution in [-0.2, 0) is 49.4 Å². The minimum atomic E-state index is -0.639. The lowest BCUT2D eigenvalue weighted by Gasteiger charge is -2.36. The molecule has 0 radical (unpaired) electrons. The van der Waals surface area contributed by atoms with E-state index in [1.54, 1.807) is 11.1 Å². The molecule has 0 unspecified atom stereocenters. The van der Waals surface area contributed by atoms with Crippen molar-refractivity contribution in [1.82, 2.24) is 0 Å². The number of benzene rings is 10. The summed E-state index contributed by atoms with van der Waals surface area (Å²) in [6, 6.07) is 90.6. The third-order valence-corrected chi connectivity index (χ3v) is 41.3. The van der Waals surface area contributed by atoms with Gasteiger partial charge in [-0.2, -0.15) is 0 Å². The zero-order valence-electron chi connectivity index (χ0n) is 89.2. The van der Waals surface area contributed by atoms with Crippen LogP contribution in [0.4, 0.5) is 0 Å². The summed E-state index contributed by atoms with van der Waals surface area (Å²) in [7, 11) is 0. The largest absolute Gasteiger partial charge is 0.133 e. The topological polar surface area (TPSA) is 0 Å². The number of hydrogen-bond donors (Lipinski definition) is 0. The third kappa shape index (κ3) is 24.6. The van der Waals surface area contributed by atoms with Crippen LogP contribution in [0.3, 0.4) is 0 Å². The van der Waals surface area contributed by atoms with Crippen molar-refractivity contribution in [2.75, 3.05) is 0 Å². The van der Waals surface area contributed by atoms with Crippen LogP contribution >= 0.6 is 68.0 Å². The fraction of sp³-hybridized carbons (Fsp3) is 0.478.